The molecule has 28 valence electrons. The van der Waals surface area contributed by atoms with E-state index >= 15 is 0 Å². The topological polar surface area (TPSA) is 0 Å². The molecule has 0 amide bonds. The second-order valence-corrected chi connectivity index (χ2v) is 0. The molecular formula is H3BrCl2Nd. The second kappa shape index (κ2) is 18.1. The van der Waals surface area contributed by atoms with Gasteiger partial charge in [0.15, 0.2) is 0 Å². The van der Waals surface area contributed by atoms with Gasteiger partial charge in [0, 0.05) is 40.8 Å². The summed E-state index contributed by atoms with van der Waals surface area (Å²) in [6.45, 7) is 0. The quantitative estimate of drug-likeness (QED) is 0.634. The fraction of sp³-hybridized carbons (Fsp3) is 0. The van der Waals surface area contributed by atoms with Crippen LogP contribution in [0, 0.1) is 40.8 Å². The summed E-state index contributed by atoms with van der Waals surface area (Å²) in [5.41, 5.74) is 0. The maximum Gasteiger partial charge on any atom is 0 e. The van der Waals surface area contributed by atoms with Gasteiger partial charge in [-0.05, 0) is 0 Å². The van der Waals surface area contributed by atoms with Gasteiger partial charge in [-0.2, -0.15) is 0 Å². The van der Waals surface area contributed by atoms with Gasteiger partial charge in [-0.15, -0.1) is 41.8 Å². The molecular weight excluding hydrogens is 295 g/mol. The third-order valence-electron chi connectivity index (χ3n) is 0. The zero-order chi connectivity index (χ0) is 0. The molecule has 4 heavy (non-hydrogen) atoms. The predicted octanol–water partition coefficient (Wildman–Crippen LogP) is 1.42. The van der Waals surface area contributed by atoms with Crippen LogP contribution in [0.3, 0.4) is 0 Å². The molecule has 0 saturated carbocycles. The van der Waals surface area contributed by atoms with E-state index in [1.54, 1.807) is 0 Å². The summed E-state index contributed by atoms with van der Waals surface area (Å²) in [5, 5.41) is 0. The van der Waals surface area contributed by atoms with Gasteiger partial charge in [-0.3, -0.25) is 0 Å². The predicted molar refractivity (Wildman–Crippen MR) is 24.8 cm³/mol. The van der Waals surface area contributed by atoms with E-state index < -0.39 is 0 Å². The maximum atomic E-state index is 0. The maximum absolute atomic E-state index is 0. The Hall–Kier alpha value is 2.41. The molecule has 0 nitrogen and oxygen atoms in total. The van der Waals surface area contributed by atoms with Crippen LogP contribution in [0.1, 0.15) is 0 Å². The number of hydrogen-bond acceptors (Lipinski definition) is 0. The van der Waals surface area contributed by atoms with Gasteiger partial charge in [0.25, 0.3) is 0 Å². The largest absolute Gasteiger partial charge is 0.147 e. The van der Waals surface area contributed by atoms with Gasteiger partial charge < -0.3 is 0 Å². The zero-order valence-corrected chi connectivity index (χ0v) is 8.28. The molecule has 0 atom stereocenters. The molecule has 4 heteroatoms. The molecule has 0 unspecified atom stereocenters. The summed E-state index contributed by atoms with van der Waals surface area (Å²) in [5.74, 6) is 0. The van der Waals surface area contributed by atoms with Crippen LogP contribution in [0.15, 0.2) is 0 Å². The van der Waals surface area contributed by atoms with Crippen molar-refractivity contribution in [2.75, 3.05) is 0 Å². The van der Waals surface area contributed by atoms with Crippen LogP contribution in [-0.2, 0) is 0 Å². The van der Waals surface area contributed by atoms with Gasteiger partial charge >= 0.3 is 0 Å². The Labute approximate surface area is 81.2 Å². The Balaban J connectivity index is 0. The van der Waals surface area contributed by atoms with Crippen LogP contribution in [0.4, 0.5) is 0 Å². The fourth-order valence-electron chi connectivity index (χ4n) is 0. The first-order chi connectivity index (χ1) is 0. The van der Waals surface area contributed by atoms with Gasteiger partial charge in [0.05, 0.1) is 0 Å². The van der Waals surface area contributed by atoms with Crippen molar-refractivity contribution in [3.05, 3.63) is 0 Å². The molecule has 0 radical (unpaired) electrons. The molecule has 0 N–H and O–H groups in total. The Bertz CT molecular complexity index is 6.00. The Kier molecular flexibility index (Phi) is 146. The van der Waals surface area contributed by atoms with Crippen LogP contribution in [0.25, 0.3) is 0 Å². The summed E-state index contributed by atoms with van der Waals surface area (Å²) in [6.07, 6.45) is 0. The first-order valence-electron chi connectivity index (χ1n) is 0. The summed E-state index contributed by atoms with van der Waals surface area (Å²) in [7, 11) is 0. The standard InChI is InChI=1S/BrH.2ClH.Nd/h3*1H;. The van der Waals surface area contributed by atoms with Crippen LogP contribution in [0.2, 0.25) is 0 Å². The summed E-state index contributed by atoms with van der Waals surface area (Å²) >= 11 is 0. The molecule has 0 aromatic carbocycles. The van der Waals surface area contributed by atoms with E-state index in [2.05, 4.69) is 0 Å². The molecule has 0 fully saturated rings. The van der Waals surface area contributed by atoms with Crippen LogP contribution < -0.4 is 0 Å². The number of rotatable bonds is 0. The average Bonchev–Trinajstić information content (AvgIpc) is 0. The van der Waals surface area contributed by atoms with E-state index in [1.165, 1.54) is 0 Å². The molecule has 0 aromatic heterocycles. The van der Waals surface area contributed by atoms with Gasteiger partial charge in [0.1, 0.15) is 0 Å². The van der Waals surface area contributed by atoms with E-state index in [1.807, 2.05) is 0 Å². The molecule has 0 heterocycles. The molecule has 0 bridgehead atoms. The van der Waals surface area contributed by atoms with Crippen molar-refractivity contribution in [2.24, 2.45) is 0 Å². The molecule has 0 aliphatic heterocycles. The van der Waals surface area contributed by atoms with Crippen molar-refractivity contribution in [3.8, 4) is 0 Å². The monoisotopic (exact) mass is 294 g/mol. The van der Waals surface area contributed by atoms with E-state index in [0.29, 0.717) is 0 Å². The summed E-state index contributed by atoms with van der Waals surface area (Å²) < 4.78 is 0. The van der Waals surface area contributed by atoms with Crippen molar-refractivity contribution in [2.45, 2.75) is 0 Å². The van der Waals surface area contributed by atoms with Crippen LogP contribution in [-0.4, -0.2) is 0 Å². The molecule has 0 aliphatic carbocycles. The smallest absolute Gasteiger partial charge is 0 e. The minimum Gasteiger partial charge on any atom is -0.147 e. The number of hydrogen-bond donors (Lipinski definition) is 0. The third-order valence-corrected chi connectivity index (χ3v) is 0. The Morgan fingerprint density at radius 1 is 0.750 bits per heavy atom. The molecule has 0 spiro atoms. The zero-order valence-electron chi connectivity index (χ0n) is 1.72. The van der Waals surface area contributed by atoms with Gasteiger partial charge in [-0.25, -0.2) is 0 Å². The second-order valence-electron chi connectivity index (χ2n) is 0. The molecule has 0 saturated heterocycles. The minimum absolute atomic E-state index is 0. The van der Waals surface area contributed by atoms with Crippen LogP contribution >= 0.6 is 41.8 Å². The van der Waals surface area contributed by atoms with Gasteiger partial charge in [0.2, 0.25) is 0 Å². The molecule has 0 rings (SSSR count). The minimum atomic E-state index is 0. The van der Waals surface area contributed by atoms with E-state index in [4.69, 9.17) is 0 Å². The fourth-order valence-corrected chi connectivity index (χ4v) is 0. The first-order valence-corrected chi connectivity index (χ1v) is 0. The molecule has 0 aromatic rings. The van der Waals surface area contributed by atoms with Crippen molar-refractivity contribution in [3.63, 3.8) is 0 Å². The third kappa shape index (κ3) is 8.83. The normalized spacial score (nSPS) is 0. The van der Waals surface area contributed by atoms with Gasteiger partial charge in [-0.1, -0.05) is 0 Å². The van der Waals surface area contributed by atoms with E-state index in [0.717, 1.165) is 0 Å². The molecule has 0 aliphatic rings. The van der Waals surface area contributed by atoms with Crippen molar-refractivity contribution >= 4 is 41.8 Å². The summed E-state index contributed by atoms with van der Waals surface area (Å²) in [4.78, 5) is 0. The summed E-state index contributed by atoms with van der Waals surface area (Å²) in [6, 6.07) is 0. The van der Waals surface area contributed by atoms with E-state index in [9.17, 15) is 0 Å². The SMILES string of the molecule is Br.Cl.Cl.[Nd]. The van der Waals surface area contributed by atoms with Crippen molar-refractivity contribution in [1.29, 1.82) is 0 Å². The van der Waals surface area contributed by atoms with E-state index in [-0.39, 0.29) is 82.6 Å². The first kappa shape index (κ1) is 32.3. The Morgan fingerprint density at radius 3 is 0.750 bits per heavy atom. The van der Waals surface area contributed by atoms with Crippen molar-refractivity contribution < 1.29 is 40.8 Å². The van der Waals surface area contributed by atoms with Crippen LogP contribution in [0.5, 0.6) is 0 Å². The van der Waals surface area contributed by atoms with Crippen molar-refractivity contribution in [1.82, 2.24) is 0 Å². The average molecular weight is 298 g/mol. The Morgan fingerprint density at radius 2 is 0.750 bits per heavy atom. The number of halogens is 3.